The van der Waals surface area contributed by atoms with Crippen molar-refractivity contribution in [1.82, 2.24) is 14.9 Å². The third kappa shape index (κ3) is 5.56. The molecule has 1 aliphatic carbocycles. The van der Waals surface area contributed by atoms with E-state index in [1.165, 1.54) is 44.1 Å². The van der Waals surface area contributed by atoms with Gasteiger partial charge in [0.1, 0.15) is 0 Å². The summed E-state index contributed by atoms with van der Waals surface area (Å²) in [5.41, 5.74) is 1.44. The van der Waals surface area contributed by atoms with Crippen molar-refractivity contribution in [2.45, 2.75) is 44.0 Å². The van der Waals surface area contributed by atoms with Crippen LogP contribution < -0.4 is 10.6 Å². The highest BCUT2D eigenvalue weighted by Crippen LogP contribution is 2.42. The van der Waals surface area contributed by atoms with E-state index in [-0.39, 0.29) is 24.0 Å². The molecular formula is C18H31IN4O2S. The average Bonchev–Trinajstić information content (AvgIpc) is 2.57. The smallest absolute Gasteiger partial charge is 0.242 e. The summed E-state index contributed by atoms with van der Waals surface area (Å²) in [6, 6.07) is 6.94. The Morgan fingerprint density at radius 1 is 1.19 bits per heavy atom. The van der Waals surface area contributed by atoms with Gasteiger partial charge >= 0.3 is 0 Å². The van der Waals surface area contributed by atoms with Crippen molar-refractivity contribution in [1.29, 1.82) is 0 Å². The second kappa shape index (κ2) is 9.89. The van der Waals surface area contributed by atoms with Gasteiger partial charge in [-0.05, 0) is 42.4 Å². The van der Waals surface area contributed by atoms with Crippen molar-refractivity contribution in [3.05, 3.63) is 29.8 Å². The van der Waals surface area contributed by atoms with Gasteiger partial charge in [-0.1, -0.05) is 25.5 Å². The maximum absolute atomic E-state index is 12.1. The Balaban J connectivity index is 0.00000338. The third-order valence-electron chi connectivity index (χ3n) is 5.18. The second-order valence-corrected chi connectivity index (χ2v) is 9.07. The number of hydrogen-bond donors (Lipinski definition) is 2. The van der Waals surface area contributed by atoms with Crippen LogP contribution in [-0.4, -0.2) is 46.4 Å². The number of aliphatic imine (C=N–C) groups is 1. The maximum atomic E-state index is 12.1. The maximum Gasteiger partial charge on any atom is 0.242 e. The van der Waals surface area contributed by atoms with Crippen LogP contribution in [0.25, 0.3) is 0 Å². The fraction of sp³-hybridized carbons (Fsp3) is 0.611. The SMILES string of the molecule is CCC1(CNC(=NC)NCc2ccc(S(=O)(=O)N(C)C)cc2)CCC1.I. The Morgan fingerprint density at radius 3 is 2.23 bits per heavy atom. The molecule has 26 heavy (non-hydrogen) atoms. The van der Waals surface area contributed by atoms with E-state index in [1.807, 2.05) is 12.1 Å². The zero-order chi connectivity index (χ0) is 18.5. The van der Waals surface area contributed by atoms with E-state index in [0.717, 1.165) is 18.1 Å². The summed E-state index contributed by atoms with van der Waals surface area (Å²) in [5, 5.41) is 6.71. The van der Waals surface area contributed by atoms with Crippen LogP contribution in [0.3, 0.4) is 0 Å². The number of halogens is 1. The molecule has 2 rings (SSSR count). The number of benzene rings is 1. The van der Waals surface area contributed by atoms with Crippen molar-refractivity contribution in [2.24, 2.45) is 10.4 Å². The van der Waals surface area contributed by atoms with Gasteiger partial charge in [0.25, 0.3) is 0 Å². The molecule has 0 saturated heterocycles. The molecule has 6 nitrogen and oxygen atoms in total. The minimum atomic E-state index is -3.38. The quantitative estimate of drug-likeness (QED) is 0.348. The first-order valence-electron chi connectivity index (χ1n) is 8.79. The highest BCUT2D eigenvalue weighted by Gasteiger charge is 2.34. The molecule has 0 bridgehead atoms. The molecule has 0 heterocycles. The minimum absolute atomic E-state index is 0. The van der Waals surface area contributed by atoms with Crippen molar-refractivity contribution < 1.29 is 8.42 Å². The van der Waals surface area contributed by atoms with Gasteiger partial charge in [0.2, 0.25) is 10.0 Å². The lowest BCUT2D eigenvalue weighted by atomic mass is 9.67. The lowest BCUT2D eigenvalue weighted by Crippen LogP contribution is -2.46. The zero-order valence-corrected chi connectivity index (χ0v) is 19.2. The number of nitrogens with one attached hydrogen (secondary N) is 2. The Hall–Kier alpha value is -0.870. The molecule has 0 atom stereocenters. The van der Waals surface area contributed by atoms with Crippen LogP contribution in [0.2, 0.25) is 0 Å². The predicted molar refractivity (Wildman–Crippen MR) is 118 cm³/mol. The summed E-state index contributed by atoms with van der Waals surface area (Å²) >= 11 is 0. The molecule has 0 radical (unpaired) electrons. The van der Waals surface area contributed by atoms with Gasteiger partial charge in [-0.25, -0.2) is 12.7 Å². The molecule has 148 valence electrons. The molecule has 1 fully saturated rings. The fourth-order valence-corrected chi connectivity index (χ4v) is 3.90. The van der Waals surface area contributed by atoms with Crippen LogP contribution in [0.1, 0.15) is 38.2 Å². The van der Waals surface area contributed by atoms with Crippen molar-refractivity contribution in [3.63, 3.8) is 0 Å². The highest BCUT2D eigenvalue weighted by atomic mass is 127. The van der Waals surface area contributed by atoms with E-state index in [0.29, 0.717) is 16.9 Å². The lowest BCUT2D eigenvalue weighted by molar-refractivity contribution is 0.131. The first kappa shape index (κ1) is 23.2. The normalized spacial score (nSPS) is 16.6. The Labute approximate surface area is 174 Å². The molecule has 1 saturated carbocycles. The molecule has 2 N–H and O–H groups in total. The van der Waals surface area contributed by atoms with E-state index in [4.69, 9.17) is 0 Å². The Kier molecular flexibility index (Phi) is 8.81. The minimum Gasteiger partial charge on any atom is -0.356 e. The summed E-state index contributed by atoms with van der Waals surface area (Å²) in [5.74, 6) is 0.782. The molecule has 0 amide bonds. The van der Waals surface area contributed by atoms with Gasteiger partial charge in [-0.15, -0.1) is 24.0 Å². The van der Waals surface area contributed by atoms with Crippen LogP contribution in [0.4, 0.5) is 0 Å². The standard InChI is InChI=1S/C18H30N4O2S.HI/c1-5-18(11-6-12-18)14-21-17(19-2)20-13-15-7-9-16(10-8-15)25(23,24)22(3)4;/h7-10H,5-6,11-14H2,1-4H3,(H2,19,20,21);1H. The van der Waals surface area contributed by atoms with Gasteiger partial charge < -0.3 is 10.6 Å². The fourth-order valence-electron chi connectivity index (χ4n) is 3.00. The Bertz CT molecular complexity index is 693. The number of guanidine groups is 1. The molecule has 0 spiro atoms. The summed E-state index contributed by atoms with van der Waals surface area (Å²) in [4.78, 5) is 4.58. The summed E-state index contributed by atoms with van der Waals surface area (Å²) in [6.45, 7) is 3.80. The molecule has 1 aromatic carbocycles. The predicted octanol–water partition coefficient (Wildman–Crippen LogP) is 2.80. The van der Waals surface area contributed by atoms with E-state index < -0.39 is 10.0 Å². The summed E-state index contributed by atoms with van der Waals surface area (Å²) in [7, 11) is 1.45. The first-order valence-corrected chi connectivity index (χ1v) is 10.2. The molecule has 1 aliphatic rings. The monoisotopic (exact) mass is 494 g/mol. The topological polar surface area (TPSA) is 73.8 Å². The number of nitrogens with zero attached hydrogens (tertiary/aromatic N) is 2. The van der Waals surface area contributed by atoms with E-state index in [1.54, 1.807) is 19.2 Å². The number of hydrogen-bond acceptors (Lipinski definition) is 3. The van der Waals surface area contributed by atoms with Crippen LogP contribution in [0.15, 0.2) is 34.2 Å². The van der Waals surface area contributed by atoms with E-state index in [9.17, 15) is 8.42 Å². The van der Waals surface area contributed by atoms with Crippen LogP contribution in [0, 0.1) is 5.41 Å². The van der Waals surface area contributed by atoms with Crippen molar-refractivity contribution in [3.8, 4) is 0 Å². The summed E-state index contributed by atoms with van der Waals surface area (Å²) in [6.07, 6.45) is 5.09. The van der Waals surface area contributed by atoms with Gasteiger partial charge in [-0.2, -0.15) is 0 Å². The lowest BCUT2D eigenvalue weighted by Gasteiger charge is -2.41. The van der Waals surface area contributed by atoms with Crippen LogP contribution in [0.5, 0.6) is 0 Å². The van der Waals surface area contributed by atoms with Gasteiger partial charge in [0.15, 0.2) is 5.96 Å². The van der Waals surface area contributed by atoms with E-state index >= 15 is 0 Å². The second-order valence-electron chi connectivity index (χ2n) is 6.92. The van der Waals surface area contributed by atoms with Crippen molar-refractivity contribution >= 4 is 40.0 Å². The molecule has 8 heteroatoms. The molecule has 0 aromatic heterocycles. The van der Waals surface area contributed by atoms with Gasteiger partial charge in [-0.3, -0.25) is 4.99 Å². The van der Waals surface area contributed by atoms with Crippen molar-refractivity contribution in [2.75, 3.05) is 27.7 Å². The number of rotatable bonds is 7. The van der Waals surface area contributed by atoms with E-state index in [2.05, 4.69) is 22.5 Å². The molecule has 0 unspecified atom stereocenters. The third-order valence-corrected chi connectivity index (χ3v) is 7.01. The number of sulfonamides is 1. The van der Waals surface area contributed by atoms with Gasteiger partial charge in [0, 0.05) is 34.2 Å². The molecular weight excluding hydrogens is 463 g/mol. The first-order chi connectivity index (χ1) is 11.8. The Morgan fingerprint density at radius 2 is 1.81 bits per heavy atom. The van der Waals surface area contributed by atoms with Gasteiger partial charge in [0.05, 0.1) is 4.90 Å². The summed E-state index contributed by atoms with van der Waals surface area (Å²) < 4.78 is 25.4. The molecule has 1 aromatic rings. The molecule has 0 aliphatic heterocycles. The van der Waals surface area contributed by atoms with Crippen LogP contribution in [-0.2, 0) is 16.6 Å². The average molecular weight is 494 g/mol. The highest BCUT2D eigenvalue weighted by molar-refractivity contribution is 14.0. The zero-order valence-electron chi connectivity index (χ0n) is 16.1. The van der Waals surface area contributed by atoms with Crippen LogP contribution >= 0.6 is 24.0 Å². The largest absolute Gasteiger partial charge is 0.356 e.